The maximum atomic E-state index is 13.4. The molecule has 0 fully saturated rings. The van der Waals surface area contributed by atoms with Gasteiger partial charge in [0.1, 0.15) is 0 Å². The summed E-state index contributed by atoms with van der Waals surface area (Å²) < 4.78 is 51.6. The van der Waals surface area contributed by atoms with Gasteiger partial charge in [0.25, 0.3) is 0 Å². The van der Waals surface area contributed by atoms with Gasteiger partial charge in [0, 0.05) is 23.6 Å². The lowest BCUT2D eigenvalue weighted by atomic mass is 10.0. The summed E-state index contributed by atoms with van der Waals surface area (Å²) in [6.45, 7) is 0. The summed E-state index contributed by atoms with van der Waals surface area (Å²) in [7, 11) is -3.98. The van der Waals surface area contributed by atoms with Crippen molar-refractivity contribution in [3.63, 3.8) is 0 Å². The molecule has 4 rings (SSSR count). The van der Waals surface area contributed by atoms with Crippen LogP contribution in [-0.2, 0) is 16.3 Å². The Hall–Kier alpha value is -3.46. The number of nitrogens with one attached hydrogen (secondary N) is 1. The quantitative estimate of drug-likeness (QED) is 0.372. The molecule has 6 nitrogen and oxygen atoms in total. The van der Waals surface area contributed by atoms with E-state index in [0.717, 1.165) is 23.1 Å². The number of fused-ring (bicyclic) bond motifs is 1. The van der Waals surface area contributed by atoms with Crippen molar-refractivity contribution in [2.75, 3.05) is 0 Å². The lowest BCUT2D eigenvalue weighted by Gasteiger charge is -2.07. The number of carbonyl (C=O) groups excluding carboxylic acids is 1. The van der Waals surface area contributed by atoms with Crippen LogP contribution in [0.2, 0.25) is 0 Å². The van der Waals surface area contributed by atoms with E-state index in [1.807, 2.05) is 0 Å². The van der Waals surface area contributed by atoms with Gasteiger partial charge in [0.05, 0.1) is 16.0 Å². The van der Waals surface area contributed by atoms with Crippen LogP contribution in [0, 0.1) is 11.6 Å². The van der Waals surface area contributed by atoms with Crippen LogP contribution in [-0.4, -0.2) is 29.4 Å². The molecule has 2 aromatic carbocycles. The van der Waals surface area contributed by atoms with Gasteiger partial charge in [-0.2, -0.15) is 5.10 Å². The zero-order chi connectivity index (χ0) is 21.3. The molecule has 0 aliphatic heterocycles. The van der Waals surface area contributed by atoms with Gasteiger partial charge in [-0.1, -0.05) is 12.1 Å². The number of Topliss-reactive ketones (excluding diaryl/α,β-unsaturated/α-hetero) is 1. The molecule has 0 saturated carbocycles. The number of hydrogen-bond acceptors (Lipinski definition) is 5. The second-order valence-electron chi connectivity index (χ2n) is 6.68. The largest absolute Gasteiger partial charge is 0.294 e. The SMILES string of the molecule is O=C(CCc1ccc(S(=O)(=O)c2ccc(F)c(F)c2)cc1)c1cnc2[nH]ncc2c1. The third-order valence-corrected chi connectivity index (χ3v) is 6.46. The standard InChI is InChI=1S/C21H15F2N3O3S/c22-18-7-6-17(10-19(18)23)30(28,29)16-4-1-13(2-5-16)3-8-20(27)14-9-15-12-25-26-21(15)24-11-14/h1-2,4-7,9-12H,3,8H2,(H,24,25,26). The molecule has 0 aliphatic rings. The predicted octanol–water partition coefficient (Wildman–Crippen LogP) is 3.88. The zero-order valence-electron chi connectivity index (χ0n) is 15.5. The maximum Gasteiger partial charge on any atom is 0.206 e. The Balaban J connectivity index is 1.46. The van der Waals surface area contributed by atoms with Crippen molar-refractivity contribution < 1.29 is 22.0 Å². The molecule has 30 heavy (non-hydrogen) atoms. The maximum absolute atomic E-state index is 13.4. The van der Waals surface area contributed by atoms with E-state index in [1.54, 1.807) is 24.4 Å². The fourth-order valence-corrected chi connectivity index (χ4v) is 4.28. The second-order valence-corrected chi connectivity index (χ2v) is 8.63. The van der Waals surface area contributed by atoms with Gasteiger partial charge in [-0.25, -0.2) is 22.2 Å². The number of nitrogens with zero attached hydrogens (tertiary/aromatic N) is 2. The summed E-state index contributed by atoms with van der Waals surface area (Å²) in [5.74, 6) is -2.44. The van der Waals surface area contributed by atoms with Crippen molar-refractivity contribution in [1.29, 1.82) is 0 Å². The van der Waals surface area contributed by atoms with Gasteiger partial charge < -0.3 is 0 Å². The Morgan fingerprint density at radius 3 is 2.40 bits per heavy atom. The summed E-state index contributed by atoms with van der Waals surface area (Å²) >= 11 is 0. The van der Waals surface area contributed by atoms with Crippen molar-refractivity contribution >= 4 is 26.7 Å². The van der Waals surface area contributed by atoms with Crippen molar-refractivity contribution in [2.24, 2.45) is 0 Å². The van der Waals surface area contributed by atoms with Gasteiger partial charge in [-0.3, -0.25) is 9.89 Å². The minimum absolute atomic E-state index is 0.0433. The van der Waals surface area contributed by atoms with Crippen molar-refractivity contribution in [3.8, 4) is 0 Å². The average Bonchev–Trinajstić information content (AvgIpc) is 3.22. The molecule has 152 valence electrons. The van der Waals surface area contributed by atoms with Crippen molar-refractivity contribution in [2.45, 2.75) is 22.6 Å². The minimum atomic E-state index is -3.98. The summed E-state index contributed by atoms with van der Waals surface area (Å²) in [5.41, 5.74) is 1.84. The molecular weight excluding hydrogens is 412 g/mol. The molecule has 0 unspecified atom stereocenters. The number of rotatable bonds is 6. The van der Waals surface area contributed by atoms with Gasteiger partial charge >= 0.3 is 0 Å². The first-order valence-corrected chi connectivity index (χ1v) is 10.4. The third kappa shape index (κ3) is 3.84. The molecular formula is C21H15F2N3O3S. The summed E-state index contributed by atoms with van der Waals surface area (Å²) in [5, 5.41) is 7.33. The average molecular weight is 427 g/mol. The number of benzene rings is 2. The fraction of sp³-hybridized carbons (Fsp3) is 0.0952. The van der Waals surface area contributed by atoms with Crippen LogP contribution in [0.4, 0.5) is 8.78 Å². The minimum Gasteiger partial charge on any atom is -0.294 e. The fourth-order valence-electron chi connectivity index (χ4n) is 3.01. The number of aromatic nitrogens is 3. The molecule has 0 saturated heterocycles. The highest BCUT2D eigenvalue weighted by Gasteiger charge is 2.19. The third-order valence-electron chi connectivity index (χ3n) is 4.69. The van der Waals surface area contributed by atoms with Gasteiger partial charge in [0.2, 0.25) is 9.84 Å². The summed E-state index contributed by atoms with van der Waals surface area (Å²) in [6.07, 6.45) is 3.71. The first-order valence-electron chi connectivity index (χ1n) is 8.96. The van der Waals surface area contributed by atoms with Crippen LogP contribution in [0.15, 0.2) is 70.7 Å². The topological polar surface area (TPSA) is 92.8 Å². The highest BCUT2D eigenvalue weighted by atomic mass is 32.2. The van der Waals surface area contributed by atoms with E-state index < -0.39 is 21.5 Å². The second kappa shape index (κ2) is 7.75. The molecule has 9 heteroatoms. The Morgan fingerprint density at radius 1 is 0.933 bits per heavy atom. The van der Waals surface area contributed by atoms with Crippen LogP contribution in [0.25, 0.3) is 11.0 Å². The van der Waals surface area contributed by atoms with E-state index in [-0.39, 0.29) is 22.0 Å². The van der Waals surface area contributed by atoms with E-state index in [1.165, 1.54) is 18.3 Å². The highest BCUT2D eigenvalue weighted by Crippen LogP contribution is 2.23. The van der Waals surface area contributed by atoms with Gasteiger partial charge in [-0.15, -0.1) is 0 Å². The van der Waals surface area contributed by atoms with Crippen LogP contribution >= 0.6 is 0 Å². The lowest BCUT2D eigenvalue weighted by Crippen LogP contribution is -2.04. The normalized spacial score (nSPS) is 11.7. The number of ketones is 1. The molecule has 0 spiro atoms. The Kier molecular flexibility index (Phi) is 5.13. The number of pyridine rings is 1. The zero-order valence-corrected chi connectivity index (χ0v) is 16.3. The van der Waals surface area contributed by atoms with E-state index in [4.69, 9.17) is 0 Å². The number of aromatic amines is 1. The number of carbonyl (C=O) groups is 1. The van der Waals surface area contributed by atoms with Crippen LogP contribution < -0.4 is 0 Å². The molecule has 4 aromatic rings. The monoisotopic (exact) mass is 427 g/mol. The van der Waals surface area contributed by atoms with Crippen molar-refractivity contribution in [1.82, 2.24) is 15.2 Å². The van der Waals surface area contributed by atoms with Crippen molar-refractivity contribution in [3.05, 3.63) is 83.7 Å². The molecule has 0 bridgehead atoms. The van der Waals surface area contributed by atoms with E-state index >= 15 is 0 Å². The Bertz CT molecular complexity index is 1350. The lowest BCUT2D eigenvalue weighted by molar-refractivity contribution is 0.0982. The molecule has 1 N–H and O–H groups in total. The number of halogens is 2. The van der Waals surface area contributed by atoms with E-state index in [2.05, 4.69) is 15.2 Å². The van der Waals surface area contributed by atoms with Gasteiger partial charge in [-0.05, 0) is 48.4 Å². The first kappa shape index (κ1) is 19.8. The van der Waals surface area contributed by atoms with Crippen LogP contribution in [0.1, 0.15) is 22.3 Å². The number of aryl methyl sites for hydroxylation is 1. The summed E-state index contributed by atoms with van der Waals surface area (Å²) in [4.78, 5) is 16.2. The molecule has 0 amide bonds. The van der Waals surface area contributed by atoms with Gasteiger partial charge in [0.15, 0.2) is 23.1 Å². The van der Waals surface area contributed by atoms with Crippen LogP contribution in [0.5, 0.6) is 0 Å². The number of H-pyrrole nitrogens is 1. The molecule has 0 aliphatic carbocycles. The number of hydrogen-bond donors (Lipinski definition) is 1. The molecule has 0 atom stereocenters. The first-order chi connectivity index (χ1) is 14.3. The highest BCUT2D eigenvalue weighted by molar-refractivity contribution is 7.91. The Morgan fingerprint density at radius 2 is 1.67 bits per heavy atom. The summed E-state index contributed by atoms with van der Waals surface area (Å²) in [6, 6.07) is 10.1. The molecule has 0 radical (unpaired) electrons. The van der Waals surface area contributed by atoms with Crippen LogP contribution in [0.3, 0.4) is 0 Å². The number of sulfone groups is 1. The molecule has 2 heterocycles. The van der Waals surface area contributed by atoms with E-state index in [0.29, 0.717) is 23.7 Å². The molecule has 2 aromatic heterocycles. The smallest absolute Gasteiger partial charge is 0.206 e. The predicted molar refractivity (Wildman–Crippen MR) is 105 cm³/mol. The van der Waals surface area contributed by atoms with E-state index in [9.17, 15) is 22.0 Å². The Labute approximate surface area is 170 Å².